The smallest absolute Gasteiger partial charge is 0.328 e. The summed E-state index contributed by atoms with van der Waals surface area (Å²) in [6.07, 6.45) is 7.01. The van der Waals surface area contributed by atoms with Crippen molar-refractivity contribution in [1.29, 1.82) is 0 Å². The van der Waals surface area contributed by atoms with Gasteiger partial charge in [0.05, 0.1) is 12.0 Å². The second kappa shape index (κ2) is 9.09. The number of carbonyl (C=O) groups excluding carboxylic acids is 1. The van der Waals surface area contributed by atoms with Gasteiger partial charge in [-0.3, -0.25) is 4.79 Å². The molecule has 1 aliphatic rings. The van der Waals surface area contributed by atoms with E-state index >= 15 is 0 Å². The molecule has 1 unspecified atom stereocenters. The number of nitrogens with zero attached hydrogens (tertiary/aromatic N) is 3. The first-order valence-corrected chi connectivity index (χ1v) is 7.96. The quantitative estimate of drug-likeness (QED) is 0.697. The van der Waals surface area contributed by atoms with Crippen LogP contribution in [-0.2, 0) is 14.4 Å². The molecule has 0 aliphatic carbocycles. The van der Waals surface area contributed by atoms with Crippen LogP contribution < -0.4 is 5.43 Å². The highest BCUT2D eigenvalue weighted by Crippen LogP contribution is 2.18. The van der Waals surface area contributed by atoms with Crippen molar-refractivity contribution >= 4 is 23.6 Å². The predicted octanol–water partition coefficient (Wildman–Crippen LogP) is 1.44. The first-order valence-electron chi connectivity index (χ1n) is 7.96. The number of carboxylic acid groups (broad SMARTS) is 2. The standard InChI is InChI=1S/C14H14N4O.C4H4O4/c1-10-8-13(19)16-17-14(10)11-2-4-12(5-3-11)18-7-6-15-9-18;5-3(6)1-2-4(7)8/h2-7,9-10H,8H2,1H3,(H,16,19);1-2H,(H,5,6)(H,7,8). The molecule has 1 amide bonds. The van der Waals surface area contributed by atoms with Gasteiger partial charge in [-0.1, -0.05) is 19.1 Å². The van der Waals surface area contributed by atoms with E-state index in [2.05, 4.69) is 15.5 Å². The van der Waals surface area contributed by atoms with Gasteiger partial charge < -0.3 is 14.8 Å². The molecule has 0 radical (unpaired) electrons. The lowest BCUT2D eigenvalue weighted by molar-refractivity contribution is -0.134. The molecular weight excluding hydrogens is 352 g/mol. The van der Waals surface area contributed by atoms with Crippen molar-refractivity contribution in [2.75, 3.05) is 0 Å². The Kier molecular flexibility index (Phi) is 6.59. The van der Waals surface area contributed by atoms with Crippen LogP contribution in [0.25, 0.3) is 5.69 Å². The maximum absolute atomic E-state index is 11.2. The van der Waals surface area contributed by atoms with Crippen LogP contribution in [0.4, 0.5) is 0 Å². The van der Waals surface area contributed by atoms with Crippen LogP contribution in [0.15, 0.2) is 60.2 Å². The molecule has 0 spiro atoms. The third kappa shape index (κ3) is 5.92. The summed E-state index contributed by atoms with van der Waals surface area (Å²) in [5.41, 5.74) is 5.55. The normalized spacial score (nSPS) is 16.1. The van der Waals surface area contributed by atoms with Crippen molar-refractivity contribution in [3.8, 4) is 5.69 Å². The van der Waals surface area contributed by atoms with Gasteiger partial charge >= 0.3 is 11.9 Å². The van der Waals surface area contributed by atoms with E-state index in [-0.39, 0.29) is 11.8 Å². The fourth-order valence-corrected chi connectivity index (χ4v) is 2.36. The summed E-state index contributed by atoms with van der Waals surface area (Å²) in [6, 6.07) is 8.07. The van der Waals surface area contributed by atoms with E-state index in [4.69, 9.17) is 10.2 Å². The zero-order chi connectivity index (χ0) is 19.8. The van der Waals surface area contributed by atoms with Crippen molar-refractivity contribution < 1.29 is 24.6 Å². The fraction of sp³-hybridized carbons (Fsp3) is 0.167. The minimum absolute atomic E-state index is 0.0220. The molecule has 0 saturated carbocycles. The zero-order valence-electron chi connectivity index (χ0n) is 14.4. The molecule has 3 rings (SSSR count). The average molecular weight is 370 g/mol. The molecule has 1 aromatic heterocycles. The third-order valence-electron chi connectivity index (χ3n) is 3.59. The van der Waals surface area contributed by atoms with Crippen molar-refractivity contribution in [2.45, 2.75) is 13.3 Å². The number of aliphatic carboxylic acids is 2. The van der Waals surface area contributed by atoms with E-state index in [1.165, 1.54) is 0 Å². The lowest BCUT2D eigenvalue weighted by Crippen LogP contribution is -2.31. The van der Waals surface area contributed by atoms with Crippen molar-refractivity contribution in [3.05, 3.63) is 60.7 Å². The average Bonchev–Trinajstić information content (AvgIpc) is 3.15. The Balaban J connectivity index is 0.000000279. The number of carboxylic acids is 2. The van der Waals surface area contributed by atoms with Crippen LogP contribution in [0.5, 0.6) is 0 Å². The summed E-state index contributed by atoms with van der Waals surface area (Å²) >= 11 is 0. The second-order valence-corrected chi connectivity index (χ2v) is 5.66. The van der Waals surface area contributed by atoms with Crippen molar-refractivity contribution in [3.63, 3.8) is 0 Å². The Morgan fingerprint density at radius 2 is 1.81 bits per heavy atom. The van der Waals surface area contributed by atoms with Crippen LogP contribution in [0.2, 0.25) is 0 Å². The molecule has 1 atom stereocenters. The van der Waals surface area contributed by atoms with E-state index in [0.717, 1.165) is 17.0 Å². The Bertz CT molecular complexity index is 854. The molecule has 3 N–H and O–H groups in total. The number of hydrogen-bond donors (Lipinski definition) is 3. The van der Waals surface area contributed by atoms with Crippen LogP contribution in [-0.4, -0.2) is 43.3 Å². The van der Waals surface area contributed by atoms with E-state index in [1.807, 2.05) is 42.0 Å². The van der Waals surface area contributed by atoms with Crippen LogP contribution in [0, 0.1) is 5.92 Å². The number of amides is 1. The van der Waals surface area contributed by atoms with Gasteiger partial charge in [-0.15, -0.1) is 0 Å². The third-order valence-corrected chi connectivity index (χ3v) is 3.59. The summed E-state index contributed by atoms with van der Waals surface area (Å²) < 4.78 is 1.94. The van der Waals surface area contributed by atoms with Crippen LogP contribution >= 0.6 is 0 Å². The minimum Gasteiger partial charge on any atom is -0.478 e. The molecule has 0 fully saturated rings. The number of hydrogen-bond acceptors (Lipinski definition) is 5. The van der Waals surface area contributed by atoms with Crippen molar-refractivity contribution in [2.24, 2.45) is 11.0 Å². The first kappa shape index (κ1) is 19.6. The molecular formula is C18H18N4O5. The molecule has 1 aromatic carbocycles. The molecule has 0 saturated heterocycles. The van der Waals surface area contributed by atoms with Gasteiger partial charge in [-0.2, -0.15) is 5.10 Å². The molecule has 1 aliphatic heterocycles. The van der Waals surface area contributed by atoms with Crippen LogP contribution in [0.1, 0.15) is 18.9 Å². The Labute approximate surface area is 154 Å². The zero-order valence-corrected chi connectivity index (χ0v) is 14.4. The van der Waals surface area contributed by atoms with Crippen molar-refractivity contribution in [1.82, 2.24) is 15.0 Å². The highest BCUT2D eigenvalue weighted by Gasteiger charge is 2.21. The minimum atomic E-state index is -1.26. The van der Waals surface area contributed by atoms with Gasteiger partial charge in [0.15, 0.2) is 0 Å². The largest absolute Gasteiger partial charge is 0.478 e. The molecule has 2 heterocycles. The lowest BCUT2D eigenvalue weighted by atomic mass is 9.94. The fourth-order valence-electron chi connectivity index (χ4n) is 2.36. The number of imidazole rings is 1. The van der Waals surface area contributed by atoms with Gasteiger partial charge in [0.1, 0.15) is 0 Å². The Morgan fingerprint density at radius 1 is 1.19 bits per heavy atom. The molecule has 9 nitrogen and oxygen atoms in total. The maximum atomic E-state index is 11.2. The summed E-state index contributed by atoms with van der Waals surface area (Å²) in [5, 5.41) is 19.8. The summed E-state index contributed by atoms with van der Waals surface area (Å²) in [4.78, 5) is 34.4. The molecule has 140 valence electrons. The van der Waals surface area contributed by atoms with Gasteiger partial charge in [-0.05, 0) is 17.7 Å². The highest BCUT2D eigenvalue weighted by atomic mass is 16.4. The Morgan fingerprint density at radius 3 is 2.30 bits per heavy atom. The summed E-state index contributed by atoms with van der Waals surface area (Å²) in [7, 11) is 0. The van der Waals surface area contributed by atoms with Gasteiger partial charge in [-0.25, -0.2) is 20.0 Å². The van der Waals surface area contributed by atoms with E-state index in [1.54, 1.807) is 12.5 Å². The van der Waals surface area contributed by atoms with E-state index in [0.29, 0.717) is 18.6 Å². The van der Waals surface area contributed by atoms with Crippen LogP contribution in [0.3, 0.4) is 0 Å². The number of aromatic nitrogens is 2. The number of hydrazone groups is 1. The monoisotopic (exact) mass is 370 g/mol. The molecule has 0 bridgehead atoms. The van der Waals surface area contributed by atoms with Gasteiger partial charge in [0, 0.05) is 42.6 Å². The van der Waals surface area contributed by atoms with Gasteiger partial charge in [0.25, 0.3) is 0 Å². The maximum Gasteiger partial charge on any atom is 0.328 e. The highest BCUT2D eigenvalue weighted by molar-refractivity contribution is 6.05. The second-order valence-electron chi connectivity index (χ2n) is 5.66. The molecule has 27 heavy (non-hydrogen) atoms. The summed E-state index contributed by atoms with van der Waals surface area (Å²) in [5.74, 6) is -2.39. The predicted molar refractivity (Wildman–Crippen MR) is 96.4 cm³/mol. The SMILES string of the molecule is CC1CC(=O)NN=C1c1ccc(-n2ccnc2)cc1.O=C(O)C=CC(=O)O. The number of benzene rings is 1. The van der Waals surface area contributed by atoms with E-state index < -0.39 is 11.9 Å². The Hall–Kier alpha value is -3.75. The molecule has 2 aromatic rings. The topological polar surface area (TPSA) is 134 Å². The molecule has 9 heteroatoms. The number of rotatable bonds is 4. The van der Waals surface area contributed by atoms with Gasteiger partial charge in [0.2, 0.25) is 5.91 Å². The summed E-state index contributed by atoms with van der Waals surface area (Å²) in [6.45, 7) is 2.02. The first-order chi connectivity index (χ1) is 12.9. The number of carbonyl (C=O) groups is 3. The van der Waals surface area contributed by atoms with E-state index in [9.17, 15) is 14.4 Å². The number of nitrogens with one attached hydrogen (secondary N) is 1. The lowest BCUT2D eigenvalue weighted by Gasteiger charge is -2.19.